The van der Waals surface area contributed by atoms with E-state index in [-0.39, 0.29) is 11.5 Å². The highest BCUT2D eigenvalue weighted by Crippen LogP contribution is 2.33. The Bertz CT molecular complexity index is 851. The van der Waals surface area contributed by atoms with Crippen LogP contribution in [0.15, 0.2) is 48.5 Å². The molecular formula is C20H18F3N3O. The molecule has 4 nitrogen and oxygen atoms in total. The van der Waals surface area contributed by atoms with Gasteiger partial charge >= 0.3 is 6.18 Å². The number of halogens is 3. The lowest BCUT2D eigenvalue weighted by molar-refractivity contribution is -0.137. The van der Waals surface area contributed by atoms with Gasteiger partial charge in [-0.2, -0.15) is 18.4 Å². The summed E-state index contributed by atoms with van der Waals surface area (Å²) in [5.41, 5.74) is 0.577. The maximum Gasteiger partial charge on any atom is 0.416 e. The van der Waals surface area contributed by atoms with Gasteiger partial charge in [0, 0.05) is 26.2 Å². The third-order valence-electron chi connectivity index (χ3n) is 4.62. The van der Waals surface area contributed by atoms with Crippen LogP contribution < -0.4 is 4.90 Å². The minimum atomic E-state index is -4.48. The summed E-state index contributed by atoms with van der Waals surface area (Å²) in [5, 5.41) is 9.24. The van der Waals surface area contributed by atoms with Crippen molar-refractivity contribution in [3.8, 4) is 6.07 Å². The van der Waals surface area contributed by atoms with Crippen LogP contribution in [0.2, 0.25) is 0 Å². The largest absolute Gasteiger partial charge is 0.416 e. The van der Waals surface area contributed by atoms with E-state index < -0.39 is 11.7 Å². The van der Waals surface area contributed by atoms with E-state index in [9.17, 15) is 23.2 Å². The zero-order valence-electron chi connectivity index (χ0n) is 14.5. The number of nitrogens with zero attached hydrogens (tertiary/aromatic N) is 3. The summed E-state index contributed by atoms with van der Waals surface area (Å²) in [7, 11) is 0. The Labute approximate surface area is 155 Å². The Morgan fingerprint density at radius 1 is 1.04 bits per heavy atom. The van der Waals surface area contributed by atoms with E-state index in [2.05, 4.69) is 0 Å². The van der Waals surface area contributed by atoms with Crippen LogP contribution in [0.25, 0.3) is 0 Å². The monoisotopic (exact) mass is 373 g/mol. The van der Waals surface area contributed by atoms with E-state index in [0.717, 1.165) is 17.7 Å². The number of rotatable bonds is 3. The predicted octanol–water partition coefficient (Wildman–Crippen LogP) is 3.47. The molecule has 0 aliphatic carbocycles. The number of amides is 1. The third-order valence-corrected chi connectivity index (χ3v) is 4.62. The standard InChI is InChI=1S/C20H18F3N3O/c21-20(22,23)17-6-7-18(16(13-17)14-24)25-8-10-26(11-9-25)19(27)12-15-4-2-1-3-5-15/h1-7,13H,8-12H2. The summed E-state index contributed by atoms with van der Waals surface area (Å²) in [5.74, 6) is 0.0220. The lowest BCUT2D eigenvalue weighted by atomic mass is 10.1. The molecule has 1 saturated heterocycles. The van der Waals surface area contributed by atoms with Crippen LogP contribution in [0.1, 0.15) is 16.7 Å². The number of carbonyl (C=O) groups excluding carboxylic acids is 1. The molecule has 0 radical (unpaired) electrons. The van der Waals surface area contributed by atoms with Crippen molar-refractivity contribution in [2.45, 2.75) is 12.6 Å². The maximum absolute atomic E-state index is 12.8. The highest BCUT2D eigenvalue weighted by Gasteiger charge is 2.32. The van der Waals surface area contributed by atoms with Gasteiger partial charge < -0.3 is 9.80 Å². The van der Waals surface area contributed by atoms with Gasteiger partial charge in [0.1, 0.15) is 6.07 Å². The number of benzene rings is 2. The zero-order chi connectivity index (χ0) is 19.4. The van der Waals surface area contributed by atoms with E-state index in [1.807, 2.05) is 41.3 Å². The van der Waals surface area contributed by atoms with Gasteiger partial charge in [-0.15, -0.1) is 0 Å². The molecule has 0 saturated carbocycles. The van der Waals surface area contributed by atoms with Crippen LogP contribution in [0.5, 0.6) is 0 Å². The van der Waals surface area contributed by atoms with Gasteiger partial charge in [0.15, 0.2) is 0 Å². The molecule has 0 unspecified atom stereocenters. The van der Waals surface area contributed by atoms with Gasteiger partial charge in [-0.25, -0.2) is 0 Å². The lowest BCUT2D eigenvalue weighted by Crippen LogP contribution is -2.49. The summed E-state index contributed by atoms with van der Waals surface area (Å²) in [6.45, 7) is 1.89. The van der Waals surface area contributed by atoms with Gasteiger partial charge in [0.05, 0.1) is 23.2 Å². The van der Waals surface area contributed by atoms with Crippen molar-refractivity contribution >= 4 is 11.6 Å². The first-order valence-electron chi connectivity index (χ1n) is 8.56. The van der Waals surface area contributed by atoms with Gasteiger partial charge in [0.25, 0.3) is 0 Å². The van der Waals surface area contributed by atoms with Gasteiger partial charge in [-0.3, -0.25) is 4.79 Å². The van der Waals surface area contributed by atoms with Crippen molar-refractivity contribution in [3.63, 3.8) is 0 Å². The molecule has 3 rings (SSSR count). The van der Waals surface area contributed by atoms with E-state index in [0.29, 0.717) is 38.3 Å². The van der Waals surface area contributed by atoms with Crippen molar-refractivity contribution in [1.82, 2.24) is 4.90 Å². The molecular weight excluding hydrogens is 355 g/mol. The molecule has 1 heterocycles. The summed E-state index contributed by atoms with van der Waals surface area (Å²) in [6.07, 6.45) is -4.16. The number of hydrogen-bond acceptors (Lipinski definition) is 3. The molecule has 1 amide bonds. The molecule has 2 aromatic carbocycles. The second-order valence-corrected chi connectivity index (χ2v) is 6.37. The van der Waals surface area contributed by atoms with Crippen molar-refractivity contribution in [2.24, 2.45) is 0 Å². The fraction of sp³-hybridized carbons (Fsp3) is 0.300. The summed E-state index contributed by atoms with van der Waals surface area (Å²) in [6, 6.07) is 14.5. The van der Waals surface area contributed by atoms with Crippen LogP contribution in [-0.4, -0.2) is 37.0 Å². The molecule has 0 spiro atoms. The summed E-state index contributed by atoms with van der Waals surface area (Å²) in [4.78, 5) is 16.0. The van der Waals surface area contributed by atoms with Gasteiger partial charge in [-0.05, 0) is 23.8 Å². The Hall–Kier alpha value is -3.01. The van der Waals surface area contributed by atoms with Crippen LogP contribution in [0.4, 0.5) is 18.9 Å². The topological polar surface area (TPSA) is 47.3 Å². The van der Waals surface area contributed by atoms with E-state index >= 15 is 0 Å². The highest BCUT2D eigenvalue weighted by molar-refractivity contribution is 5.79. The number of piperazine rings is 1. The fourth-order valence-corrected chi connectivity index (χ4v) is 3.16. The first-order valence-corrected chi connectivity index (χ1v) is 8.56. The first-order chi connectivity index (χ1) is 12.9. The average Bonchev–Trinajstić information content (AvgIpc) is 2.67. The number of alkyl halides is 3. The van der Waals surface area contributed by atoms with Crippen LogP contribution in [0, 0.1) is 11.3 Å². The second kappa shape index (κ2) is 7.70. The predicted molar refractivity (Wildman–Crippen MR) is 95.1 cm³/mol. The molecule has 0 bridgehead atoms. The molecule has 0 N–H and O–H groups in total. The van der Waals surface area contributed by atoms with Crippen molar-refractivity contribution in [3.05, 3.63) is 65.2 Å². The molecule has 1 aliphatic heterocycles. The van der Waals surface area contributed by atoms with E-state index in [1.165, 1.54) is 6.07 Å². The van der Waals surface area contributed by atoms with Gasteiger partial charge in [0.2, 0.25) is 5.91 Å². The average molecular weight is 373 g/mol. The normalized spacial score (nSPS) is 14.7. The van der Waals surface area contributed by atoms with Gasteiger partial charge in [-0.1, -0.05) is 30.3 Å². The van der Waals surface area contributed by atoms with Crippen molar-refractivity contribution < 1.29 is 18.0 Å². The summed E-state index contributed by atoms with van der Waals surface area (Å²) < 4.78 is 38.5. The van der Waals surface area contributed by atoms with Crippen molar-refractivity contribution in [2.75, 3.05) is 31.1 Å². The molecule has 0 aromatic heterocycles. The fourth-order valence-electron chi connectivity index (χ4n) is 3.16. The minimum absolute atomic E-state index is 0.00566. The number of anilines is 1. The maximum atomic E-state index is 12.8. The molecule has 7 heteroatoms. The Kier molecular flexibility index (Phi) is 5.36. The molecule has 27 heavy (non-hydrogen) atoms. The third kappa shape index (κ3) is 4.40. The molecule has 140 valence electrons. The Morgan fingerprint density at radius 2 is 1.70 bits per heavy atom. The smallest absolute Gasteiger partial charge is 0.367 e. The minimum Gasteiger partial charge on any atom is -0.367 e. The lowest BCUT2D eigenvalue weighted by Gasteiger charge is -2.36. The highest BCUT2D eigenvalue weighted by atomic mass is 19.4. The van der Waals surface area contributed by atoms with Crippen molar-refractivity contribution in [1.29, 1.82) is 5.26 Å². The first kappa shape index (κ1) is 18.8. The SMILES string of the molecule is N#Cc1cc(C(F)(F)F)ccc1N1CCN(C(=O)Cc2ccccc2)CC1. The second-order valence-electron chi connectivity index (χ2n) is 6.37. The number of nitriles is 1. The quantitative estimate of drug-likeness (QED) is 0.828. The van der Waals surface area contributed by atoms with Crippen LogP contribution >= 0.6 is 0 Å². The molecule has 1 fully saturated rings. The molecule has 2 aromatic rings. The van der Waals surface area contributed by atoms with Crippen LogP contribution in [-0.2, 0) is 17.4 Å². The van der Waals surface area contributed by atoms with E-state index in [4.69, 9.17) is 0 Å². The zero-order valence-corrected chi connectivity index (χ0v) is 14.5. The Morgan fingerprint density at radius 3 is 2.30 bits per heavy atom. The van der Waals surface area contributed by atoms with E-state index in [1.54, 1.807) is 4.90 Å². The number of carbonyl (C=O) groups is 1. The Balaban J connectivity index is 1.65. The number of hydrogen-bond donors (Lipinski definition) is 0. The van der Waals surface area contributed by atoms with Crippen LogP contribution in [0.3, 0.4) is 0 Å². The molecule has 1 aliphatic rings. The summed E-state index contributed by atoms with van der Waals surface area (Å²) >= 11 is 0. The molecule has 0 atom stereocenters.